The molecule has 1 heteroatoms. The molecule has 11 heavy (non-hydrogen) atoms. The molecule has 1 atom stereocenters. The third-order valence-corrected chi connectivity index (χ3v) is 2.24. The zero-order valence-corrected chi connectivity index (χ0v) is 7.69. The smallest absolute Gasteiger partial charge is 0.0143 e. The van der Waals surface area contributed by atoms with Crippen LogP contribution in [-0.4, -0.2) is 6.54 Å². The average molecular weight is 153 g/mol. The highest BCUT2D eigenvalue weighted by Crippen LogP contribution is 2.20. The molecule has 0 saturated carbocycles. The van der Waals surface area contributed by atoms with Crippen molar-refractivity contribution in [1.29, 1.82) is 0 Å². The summed E-state index contributed by atoms with van der Waals surface area (Å²) >= 11 is 0. The van der Waals surface area contributed by atoms with Gasteiger partial charge < -0.3 is 5.32 Å². The molecule has 1 aliphatic rings. The Morgan fingerprint density at radius 2 is 2.45 bits per heavy atom. The lowest BCUT2D eigenvalue weighted by molar-refractivity contribution is 0.668. The summed E-state index contributed by atoms with van der Waals surface area (Å²) in [4.78, 5) is 0. The summed E-state index contributed by atoms with van der Waals surface area (Å²) in [5, 5.41) is 3.47. The number of hydrogen-bond acceptors (Lipinski definition) is 1. The van der Waals surface area contributed by atoms with E-state index in [9.17, 15) is 0 Å². The molecule has 0 aromatic carbocycles. The first-order valence-electron chi connectivity index (χ1n) is 4.77. The summed E-state index contributed by atoms with van der Waals surface area (Å²) in [6.07, 6.45) is 7.57. The summed E-state index contributed by atoms with van der Waals surface area (Å²) in [5.41, 5.74) is 1.48. The molecule has 1 nitrogen and oxygen atoms in total. The van der Waals surface area contributed by atoms with Crippen LogP contribution in [0.25, 0.3) is 0 Å². The summed E-state index contributed by atoms with van der Waals surface area (Å²) < 4.78 is 0. The third-order valence-electron chi connectivity index (χ3n) is 2.24. The Labute approximate surface area is 69.9 Å². The second kappa shape index (κ2) is 4.42. The van der Waals surface area contributed by atoms with Crippen molar-refractivity contribution in [2.24, 2.45) is 5.92 Å². The Bertz CT molecular complexity index is 138. The highest BCUT2D eigenvalue weighted by molar-refractivity contribution is 5.07. The van der Waals surface area contributed by atoms with E-state index in [0.29, 0.717) is 0 Å². The summed E-state index contributed by atoms with van der Waals surface area (Å²) in [5.74, 6) is 0.805. The third kappa shape index (κ3) is 2.96. The van der Waals surface area contributed by atoms with Crippen molar-refractivity contribution in [3.05, 3.63) is 11.8 Å². The lowest BCUT2D eigenvalue weighted by Gasteiger charge is -2.04. The Balaban J connectivity index is 2.12. The second-order valence-corrected chi connectivity index (χ2v) is 3.49. The van der Waals surface area contributed by atoms with E-state index in [1.807, 2.05) is 0 Å². The molecular weight excluding hydrogens is 134 g/mol. The van der Waals surface area contributed by atoms with Crippen molar-refractivity contribution in [3.63, 3.8) is 0 Å². The normalized spacial score (nSPS) is 23.5. The number of unbranched alkanes of at least 4 members (excludes halogenated alkanes) is 1. The molecule has 0 radical (unpaired) electrons. The number of rotatable bonds is 4. The molecule has 1 N–H and O–H groups in total. The van der Waals surface area contributed by atoms with Gasteiger partial charge in [-0.1, -0.05) is 26.3 Å². The zero-order valence-electron chi connectivity index (χ0n) is 7.69. The van der Waals surface area contributed by atoms with Gasteiger partial charge in [-0.05, 0) is 25.2 Å². The minimum Gasteiger partial charge on any atom is -0.389 e. The van der Waals surface area contributed by atoms with Gasteiger partial charge in [-0.25, -0.2) is 0 Å². The topological polar surface area (TPSA) is 12.0 Å². The van der Waals surface area contributed by atoms with Gasteiger partial charge in [0.15, 0.2) is 0 Å². The maximum Gasteiger partial charge on any atom is 0.0143 e. The first-order chi connectivity index (χ1) is 5.33. The molecule has 64 valence electrons. The van der Waals surface area contributed by atoms with E-state index in [2.05, 4.69) is 25.2 Å². The number of hydrogen-bond donors (Lipinski definition) is 1. The van der Waals surface area contributed by atoms with Gasteiger partial charge in [0, 0.05) is 12.2 Å². The first kappa shape index (κ1) is 8.63. The van der Waals surface area contributed by atoms with Gasteiger partial charge in [-0.3, -0.25) is 0 Å². The molecule has 0 amide bonds. The van der Waals surface area contributed by atoms with Crippen molar-refractivity contribution in [2.75, 3.05) is 6.54 Å². The van der Waals surface area contributed by atoms with Crippen LogP contribution in [-0.2, 0) is 0 Å². The van der Waals surface area contributed by atoms with E-state index in [-0.39, 0.29) is 0 Å². The minimum atomic E-state index is 0.805. The highest BCUT2D eigenvalue weighted by Gasteiger charge is 2.09. The van der Waals surface area contributed by atoms with Crippen molar-refractivity contribution >= 4 is 0 Å². The molecule has 1 aliphatic carbocycles. The molecular formula is C10H19N. The molecule has 0 bridgehead atoms. The lowest BCUT2D eigenvalue weighted by Crippen LogP contribution is -2.12. The van der Waals surface area contributed by atoms with Gasteiger partial charge in [0.05, 0.1) is 0 Å². The maximum absolute atomic E-state index is 3.47. The molecule has 1 rings (SSSR count). The maximum atomic E-state index is 3.47. The van der Waals surface area contributed by atoms with E-state index in [1.54, 1.807) is 0 Å². The van der Waals surface area contributed by atoms with E-state index in [1.165, 1.54) is 31.4 Å². The SMILES string of the molecule is CCCCNC1=C[C@H](C)CC1. The van der Waals surface area contributed by atoms with Crippen LogP contribution in [0.2, 0.25) is 0 Å². The Morgan fingerprint density at radius 3 is 3.00 bits per heavy atom. The van der Waals surface area contributed by atoms with Crippen LogP contribution in [0.15, 0.2) is 11.8 Å². The highest BCUT2D eigenvalue weighted by atomic mass is 14.9. The molecule has 0 aliphatic heterocycles. The molecule has 0 aromatic rings. The molecule has 0 unspecified atom stereocenters. The van der Waals surface area contributed by atoms with Gasteiger partial charge in [-0.2, -0.15) is 0 Å². The number of nitrogens with one attached hydrogen (secondary N) is 1. The van der Waals surface area contributed by atoms with Crippen LogP contribution >= 0.6 is 0 Å². The monoisotopic (exact) mass is 153 g/mol. The van der Waals surface area contributed by atoms with E-state index in [4.69, 9.17) is 0 Å². The van der Waals surface area contributed by atoms with Crippen molar-refractivity contribution in [3.8, 4) is 0 Å². The van der Waals surface area contributed by atoms with E-state index < -0.39 is 0 Å². The second-order valence-electron chi connectivity index (χ2n) is 3.49. The lowest BCUT2D eigenvalue weighted by atomic mass is 10.2. The first-order valence-corrected chi connectivity index (χ1v) is 4.77. The van der Waals surface area contributed by atoms with Gasteiger partial charge in [-0.15, -0.1) is 0 Å². The fourth-order valence-electron chi connectivity index (χ4n) is 1.47. The van der Waals surface area contributed by atoms with Gasteiger partial charge in [0.25, 0.3) is 0 Å². The molecule has 0 spiro atoms. The van der Waals surface area contributed by atoms with Crippen molar-refractivity contribution in [2.45, 2.75) is 39.5 Å². The summed E-state index contributed by atoms with van der Waals surface area (Å²) in [6, 6.07) is 0. The molecule has 0 heterocycles. The standard InChI is InChI=1S/C10H19N/c1-3-4-7-11-10-6-5-9(2)8-10/h8-9,11H,3-7H2,1-2H3/t9-/m1/s1. The van der Waals surface area contributed by atoms with Crippen LogP contribution < -0.4 is 5.32 Å². The van der Waals surface area contributed by atoms with Crippen molar-refractivity contribution < 1.29 is 0 Å². The largest absolute Gasteiger partial charge is 0.389 e. The van der Waals surface area contributed by atoms with Crippen LogP contribution in [0.4, 0.5) is 0 Å². The van der Waals surface area contributed by atoms with Gasteiger partial charge in [0.1, 0.15) is 0 Å². The predicted octanol–water partition coefficient (Wildman–Crippen LogP) is 2.69. The van der Waals surface area contributed by atoms with Crippen LogP contribution in [0, 0.1) is 5.92 Å². The van der Waals surface area contributed by atoms with Gasteiger partial charge in [0.2, 0.25) is 0 Å². The van der Waals surface area contributed by atoms with Crippen molar-refractivity contribution in [1.82, 2.24) is 5.32 Å². The van der Waals surface area contributed by atoms with E-state index >= 15 is 0 Å². The number of allylic oxidation sites excluding steroid dienone is 2. The predicted molar refractivity (Wildman–Crippen MR) is 49.4 cm³/mol. The molecule has 0 fully saturated rings. The summed E-state index contributed by atoms with van der Waals surface area (Å²) in [7, 11) is 0. The Hall–Kier alpha value is -0.460. The molecule has 0 saturated heterocycles. The minimum absolute atomic E-state index is 0.805. The fourth-order valence-corrected chi connectivity index (χ4v) is 1.47. The molecule has 0 aromatic heterocycles. The van der Waals surface area contributed by atoms with E-state index in [0.717, 1.165) is 12.5 Å². The Kier molecular flexibility index (Phi) is 3.47. The average Bonchev–Trinajstić information content (AvgIpc) is 2.37. The van der Waals surface area contributed by atoms with Crippen LogP contribution in [0.3, 0.4) is 0 Å². The van der Waals surface area contributed by atoms with Crippen LogP contribution in [0.1, 0.15) is 39.5 Å². The summed E-state index contributed by atoms with van der Waals surface area (Å²) in [6.45, 7) is 5.68. The fraction of sp³-hybridized carbons (Fsp3) is 0.800. The quantitative estimate of drug-likeness (QED) is 0.612. The van der Waals surface area contributed by atoms with Crippen LogP contribution in [0.5, 0.6) is 0 Å². The Morgan fingerprint density at radius 1 is 1.64 bits per heavy atom. The zero-order chi connectivity index (χ0) is 8.10. The van der Waals surface area contributed by atoms with Gasteiger partial charge >= 0.3 is 0 Å².